The van der Waals surface area contributed by atoms with Gasteiger partial charge in [-0.3, -0.25) is 0 Å². The van der Waals surface area contributed by atoms with E-state index in [1.54, 1.807) is 0 Å². The first-order chi connectivity index (χ1) is 10.7. The highest BCUT2D eigenvalue weighted by molar-refractivity contribution is 5.63. The van der Waals surface area contributed by atoms with Gasteiger partial charge in [0.2, 0.25) is 0 Å². The van der Waals surface area contributed by atoms with Gasteiger partial charge in [-0.1, -0.05) is 54.1 Å². The fourth-order valence-corrected chi connectivity index (χ4v) is 3.19. The van der Waals surface area contributed by atoms with Crippen molar-refractivity contribution < 1.29 is 4.74 Å². The van der Waals surface area contributed by atoms with Crippen LogP contribution in [0.15, 0.2) is 66.7 Å². The van der Waals surface area contributed by atoms with Crippen LogP contribution in [0.2, 0.25) is 0 Å². The third kappa shape index (κ3) is 1.96. The van der Waals surface area contributed by atoms with E-state index in [2.05, 4.69) is 43.3 Å². The molecule has 0 aliphatic carbocycles. The van der Waals surface area contributed by atoms with E-state index < -0.39 is 0 Å². The van der Waals surface area contributed by atoms with Crippen LogP contribution in [-0.2, 0) is 0 Å². The Morgan fingerprint density at radius 2 is 1.36 bits per heavy atom. The molecule has 1 heterocycles. The molecule has 0 amide bonds. The summed E-state index contributed by atoms with van der Waals surface area (Å²) in [6, 6.07) is 22.6. The topological polar surface area (TPSA) is 35.2 Å². The Hall–Kier alpha value is -2.74. The van der Waals surface area contributed by atoms with Crippen LogP contribution in [0.4, 0.5) is 5.69 Å². The Kier molecular flexibility index (Phi) is 2.90. The molecule has 2 nitrogen and oxygen atoms in total. The number of fused-ring (bicyclic) bond motifs is 2. The second-order valence-corrected chi connectivity index (χ2v) is 5.74. The Morgan fingerprint density at radius 1 is 0.773 bits per heavy atom. The predicted molar refractivity (Wildman–Crippen MR) is 89.5 cm³/mol. The number of ether oxygens (including phenoxy) is 1. The van der Waals surface area contributed by atoms with Crippen LogP contribution in [0, 0.1) is 6.92 Å². The minimum Gasteiger partial charge on any atom is -0.457 e. The van der Waals surface area contributed by atoms with Crippen molar-refractivity contribution in [2.75, 3.05) is 5.73 Å². The molecule has 2 heteroatoms. The molecule has 0 saturated carbocycles. The molecule has 0 spiro atoms. The number of benzene rings is 3. The summed E-state index contributed by atoms with van der Waals surface area (Å²) in [7, 11) is 0. The third-order valence-corrected chi connectivity index (χ3v) is 4.23. The fraction of sp³-hybridized carbons (Fsp3) is 0.100. The molecule has 3 aromatic carbocycles. The van der Waals surface area contributed by atoms with Crippen molar-refractivity contribution in [3.8, 4) is 11.5 Å². The van der Waals surface area contributed by atoms with Gasteiger partial charge in [0.15, 0.2) is 0 Å². The van der Waals surface area contributed by atoms with Crippen LogP contribution in [-0.4, -0.2) is 0 Å². The number of nitrogens with two attached hydrogens (primary N) is 1. The first-order valence-electron chi connectivity index (χ1n) is 7.46. The molecule has 0 bridgehead atoms. The Balaban J connectivity index is 2.01. The highest BCUT2D eigenvalue weighted by Crippen LogP contribution is 2.48. The molecule has 0 fully saturated rings. The van der Waals surface area contributed by atoms with Crippen molar-refractivity contribution in [3.05, 3.63) is 89.0 Å². The van der Waals surface area contributed by atoms with Crippen molar-refractivity contribution in [1.82, 2.24) is 0 Å². The molecule has 1 aliphatic heterocycles. The summed E-state index contributed by atoms with van der Waals surface area (Å²) in [6.45, 7) is 2.10. The zero-order valence-corrected chi connectivity index (χ0v) is 12.4. The van der Waals surface area contributed by atoms with E-state index in [1.165, 1.54) is 16.7 Å². The normalized spacial score (nSPS) is 13.1. The smallest absolute Gasteiger partial charge is 0.131 e. The highest BCUT2D eigenvalue weighted by Gasteiger charge is 2.29. The van der Waals surface area contributed by atoms with Crippen molar-refractivity contribution in [2.45, 2.75) is 12.8 Å². The zero-order chi connectivity index (χ0) is 15.1. The molecule has 0 radical (unpaired) electrons. The van der Waals surface area contributed by atoms with E-state index in [1.807, 2.05) is 30.3 Å². The summed E-state index contributed by atoms with van der Waals surface area (Å²) < 4.78 is 6.06. The summed E-state index contributed by atoms with van der Waals surface area (Å²) in [5.41, 5.74) is 11.8. The zero-order valence-electron chi connectivity index (χ0n) is 12.4. The maximum absolute atomic E-state index is 6.29. The van der Waals surface area contributed by atoms with E-state index in [9.17, 15) is 0 Å². The Morgan fingerprint density at radius 3 is 2.00 bits per heavy atom. The molecular formula is C20H17NO. The van der Waals surface area contributed by atoms with Gasteiger partial charge < -0.3 is 10.5 Å². The van der Waals surface area contributed by atoms with Crippen molar-refractivity contribution in [2.24, 2.45) is 0 Å². The maximum Gasteiger partial charge on any atom is 0.131 e. The summed E-state index contributed by atoms with van der Waals surface area (Å²) in [6.07, 6.45) is 0. The first-order valence-corrected chi connectivity index (χ1v) is 7.46. The third-order valence-electron chi connectivity index (χ3n) is 4.23. The summed E-state index contributed by atoms with van der Waals surface area (Å²) >= 11 is 0. The standard InChI is InChI=1S/C20H17NO/c1-13-10-11-17(21)16(12-13)20-14-6-2-4-8-18(14)22-19-9-5-3-7-15(19)20/h2-12,20H,21H2,1H3. The molecule has 3 aromatic rings. The van der Waals surface area contributed by atoms with Crippen LogP contribution >= 0.6 is 0 Å². The lowest BCUT2D eigenvalue weighted by Crippen LogP contribution is -2.13. The average molecular weight is 287 g/mol. The molecular weight excluding hydrogens is 270 g/mol. The van der Waals surface area contributed by atoms with E-state index in [4.69, 9.17) is 10.5 Å². The van der Waals surface area contributed by atoms with Gasteiger partial charge >= 0.3 is 0 Å². The van der Waals surface area contributed by atoms with Crippen molar-refractivity contribution in [3.63, 3.8) is 0 Å². The van der Waals surface area contributed by atoms with Crippen molar-refractivity contribution in [1.29, 1.82) is 0 Å². The molecule has 108 valence electrons. The summed E-state index contributed by atoms with van der Waals surface area (Å²) in [4.78, 5) is 0. The SMILES string of the molecule is Cc1ccc(N)c(C2c3ccccc3Oc3ccccc32)c1. The average Bonchev–Trinajstić information content (AvgIpc) is 2.55. The van der Waals surface area contributed by atoms with E-state index in [0.29, 0.717) is 0 Å². The first kappa shape index (κ1) is 13.0. The molecule has 22 heavy (non-hydrogen) atoms. The van der Waals surface area contributed by atoms with E-state index in [-0.39, 0.29) is 5.92 Å². The van der Waals surface area contributed by atoms with Gasteiger partial charge in [-0.2, -0.15) is 0 Å². The monoisotopic (exact) mass is 287 g/mol. The molecule has 0 unspecified atom stereocenters. The van der Waals surface area contributed by atoms with Crippen molar-refractivity contribution >= 4 is 5.69 Å². The quantitative estimate of drug-likeness (QED) is 0.507. The molecule has 2 N–H and O–H groups in total. The molecule has 4 rings (SSSR count). The van der Waals surface area contributed by atoms with Crippen LogP contribution < -0.4 is 10.5 Å². The second-order valence-electron chi connectivity index (χ2n) is 5.74. The number of hydrogen-bond donors (Lipinski definition) is 1. The Labute approximate surface area is 130 Å². The number of anilines is 1. The lowest BCUT2D eigenvalue weighted by Gasteiger charge is -2.29. The molecule has 0 atom stereocenters. The lowest BCUT2D eigenvalue weighted by atomic mass is 9.81. The number of rotatable bonds is 1. The minimum atomic E-state index is 0.112. The summed E-state index contributed by atoms with van der Waals surface area (Å²) in [5.74, 6) is 1.93. The number of hydrogen-bond acceptors (Lipinski definition) is 2. The largest absolute Gasteiger partial charge is 0.457 e. The Bertz CT molecular complexity index is 808. The van der Waals surface area contributed by atoms with Gasteiger partial charge in [0.25, 0.3) is 0 Å². The number of aryl methyl sites for hydroxylation is 1. The minimum absolute atomic E-state index is 0.112. The predicted octanol–water partition coefficient (Wildman–Crippen LogP) is 4.86. The maximum atomic E-state index is 6.29. The molecule has 1 aliphatic rings. The van der Waals surface area contributed by atoms with Gasteiger partial charge in [-0.15, -0.1) is 0 Å². The van der Waals surface area contributed by atoms with Gasteiger partial charge in [0.05, 0.1) is 0 Å². The van der Waals surface area contributed by atoms with E-state index in [0.717, 1.165) is 22.7 Å². The second kappa shape index (κ2) is 4.92. The van der Waals surface area contributed by atoms with Crippen LogP contribution in [0.25, 0.3) is 0 Å². The van der Waals surface area contributed by atoms with Crippen LogP contribution in [0.3, 0.4) is 0 Å². The highest BCUT2D eigenvalue weighted by atomic mass is 16.5. The number of para-hydroxylation sites is 2. The lowest BCUT2D eigenvalue weighted by molar-refractivity contribution is 0.453. The van der Waals surface area contributed by atoms with Crippen LogP contribution in [0.5, 0.6) is 11.5 Å². The fourth-order valence-electron chi connectivity index (χ4n) is 3.19. The van der Waals surface area contributed by atoms with Gasteiger partial charge in [-0.05, 0) is 30.7 Å². The number of nitrogen functional groups attached to an aromatic ring is 1. The van der Waals surface area contributed by atoms with Gasteiger partial charge in [-0.25, -0.2) is 0 Å². The van der Waals surface area contributed by atoms with E-state index >= 15 is 0 Å². The van der Waals surface area contributed by atoms with Crippen LogP contribution in [0.1, 0.15) is 28.2 Å². The van der Waals surface area contributed by atoms with Gasteiger partial charge in [0, 0.05) is 22.7 Å². The molecule has 0 aromatic heterocycles. The van der Waals surface area contributed by atoms with Gasteiger partial charge in [0.1, 0.15) is 11.5 Å². The summed E-state index contributed by atoms with van der Waals surface area (Å²) in [5, 5.41) is 0. The molecule has 0 saturated heterocycles.